The molecule has 3 N–H and O–H groups in total. The van der Waals surface area contributed by atoms with Crippen molar-refractivity contribution >= 4 is 5.91 Å². The maximum absolute atomic E-state index is 11.6. The first-order valence-electron chi connectivity index (χ1n) is 5.33. The van der Waals surface area contributed by atoms with E-state index in [4.69, 9.17) is 9.84 Å². The Bertz CT molecular complexity index is 207. The molecule has 2 unspecified atom stereocenters. The number of hydrogen-bond acceptors (Lipinski definition) is 4. The summed E-state index contributed by atoms with van der Waals surface area (Å²) in [7, 11) is 1.57. The van der Waals surface area contributed by atoms with E-state index in [0.29, 0.717) is 12.6 Å². The van der Waals surface area contributed by atoms with Crippen LogP contribution < -0.4 is 10.6 Å². The second kappa shape index (κ2) is 6.05. The molecule has 1 amide bonds. The molecule has 5 nitrogen and oxygen atoms in total. The summed E-state index contributed by atoms with van der Waals surface area (Å²) in [5.41, 5.74) is 0. The van der Waals surface area contributed by atoms with E-state index in [1.54, 1.807) is 14.0 Å². The van der Waals surface area contributed by atoms with Gasteiger partial charge in [0.15, 0.2) is 0 Å². The second-order valence-electron chi connectivity index (χ2n) is 4.01. The highest BCUT2D eigenvalue weighted by atomic mass is 16.5. The van der Waals surface area contributed by atoms with E-state index in [0.717, 1.165) is 12.8 Å². The van der Waals surface area contributed by atoms with Crippen LogP contribution >= 0.6 is 0 Å². The Hall–Kier alpha value is -0.650. The molecule has 0 aromatic rings. The van der Waals surface area contributed by atoms with Crippen LogP contribution in [0.1, 0.15) is 19.8 Å². The second-order valence-corrected chi connectivity index (χ2v) is 4.01. The zero-order chi connectivity index (χ0) is 11.3. The van der Waals surface area contributed by atoms with Gasteiger partial charge in [-0.3, -0.25) is 10.1 Å². The highest BCUT2D eigenvalue weighted by Gasteiger charge is 2.26. The molecule has 1 saturated carbocycles. The number of amides is 1. The van der Waals surface area contributed by atoms with Crippen molar-refractivity contribution in [2.24, 2.45) is 0 Å². The van der Waals surface area contributed by atoms with Gasteiger partial charge in [-0.05, 0) is 19.8 Å². The molecular weight excluding hydrogens is 196 g/mol. The standard InChI is InChI=1S/C10H20N2O3/c1-7(10(14)12-8-3-4-8)11-9(5-13)6-15-2/h7-9,11,13H,3-6H2,1-2H3,(H,12,14). The molecule has 0 spiro atoms. The van der Waals surface area contributed by atoms with E-state index in [2.05, 4.69) is 10.6 Å². The van der Waals surface area contributed by atoms with Gasteiger partial charge in [0.05, 0.1) is 25.3 Å². The molecule has 0 heterocycles. The van der Waals surface area contributed by atoms with Crippen LogP contribution in [0.2, 0.25) is 0 Å². The molecular formula is C10H20N2O3. The molecule has 15 heavy (non-hydrogen) atoms. The normalized spacial score (nSPS) is 19.7. The molecule has 0 radical (unpaired) electrons. The molecule has 1 fully saturated rings. The minimum atomic E-state index is -0.294. The average Bonchev–Trinajstić information content (AvgIpc) is 3.00. The highest BCUT2D eigenvalue weighted by Crippen LogP contribution is 2.18. The summed E-state index contributed by atoms with van der Waals surface area (Å²) >= 11 is 0. The van der Waals surface area contributed by atoms with E-state index < -0.39 is 0 Å². The van der Waals surface area contributed by atoms with Crippen molar-refractivity contribution in [3.8, 4) is 0 Å². The molecule has 1 rings (SSSR count). The predicted octanol–water partition coefficient (Wildman–Crippen LogP) is -0.750. The predicted molar refractivity (Wildman–Crippen MR) is 56.5 cm³/mol. The maximum atomic E-state index is 11.6. The summed E-state index contributed by atoms with van der Waals surface area (Å²) in [5, 5.41) is 14.9. The van der Waals surface area contributed by atoms with E-state index >= 15 is 0 Å². The number of aliphatic hydroxyl groups is 1. The van der Waals surface area contributed by atoms with Gasteiger partial charge in [-0.1, -0.05) is 0 Å². The van der Waals surface area contributed by atoms with Crippen molar-refractivity contribution in [1.82, 2.24) is 10.6 Å². The SMILES string of the molecule is COCC(CO)NC(C)C(=O)NC1CC1. The summed E-state index contributed by atoms with van der Waals surface area (Å²) in [6.45, 7) is 2.16. The third-order valence-corrected chi connectivity index (χ3v) is 2.39. The number of carbonyl (C=O) groups is 1. The van der Waals surface area contributed by atoms with Crippen molar-refractivity contribution in [2.75, 3.05) is 20.3 Å². The maximum Gasteiger partial charge on any atom is 0.237 e. The van der Waals surface area contributed by atoms with Crippen LogP contribution in [0.25, 0.3) is 0 Å². The van der Waals surface area contributed by atoms with Crippen molar-refractivity contribution in [3.63, 3.8) is 0 Å². The topological polar surface area (TPSA) is 70.6 Å². The molecule has 2 atom stereocenters. The summed E-state index contributed by atoms with van der Waals surface area (Å²) in [4.78, 5) is 11.6. The first kappa shape index (κ1) is 12.4. The lowest BCUT2D eigenvalue weighted by Gasteiger charge is -2.20. The third-order valence-electron chi connectivity index (χ3n) is 2.39. The van der Waals surface area contributed by atoms with E-state index in [-0.39, 0.29) is 24.6 Å². The van der Waals surface area contributed by atoms with Gasteiger partial charge >= 0.3 is 0 Å². The molecule has 0 aromatic carbocycles. The van der Waals surface area contributed by atoms with E-state index in [1.165, 1.54) is 0 Å². The number of rotatable bonds is 7. The zero-order valence-corrected chi connectivity index (χ0v) is 9.32. The van der Waals surface area contributed by atoms with E-state index in [1.807, 2.05) is 0 Å². The van der Waals surface area contributed by atoms with Crippen molar-refractivity contribution in [2.45, 2.75) is 37.9 Å². The zero-order valence-electron chi connectivity index (χ0n) is 9.32. The van der Waals surface area contributed by atoms with Crippen LogP contribution in [0, 0.1) is 0 Å². The van der Waals surface area contributed by atoms with Crippen LogP contribution in [0.5, 0.6) is 0 Å². The average molecular weight is 216 g/mol. The summed E-state index contributed by atoms with van der Waals surface area (Å²) in [5.74, 6) is -0.00736. The largest absolute Gasteiger partial charge is 0.395 e. The van der Waals surface area contributed by atoms with Crippen LogP contribution in [0.15, 0.2) is 0 Å². The van der Waals surface area contributed by atoms with Gasteiger partial charge in [-0.15, -0.1) is 0 Å². The van der Waals surface area contributed by atoms with Crippen molar-refractivity contribution < 1.29 is 14.6 Å². The molecule has 1 aliphatic rings. The molecule has 0 aromatic heterocycles. The van der Waals surface area contributed by atoms with Crippen LogP contribution in [0.4, 0.5) is 0 Å². The minimum absolute atomic E-state index is 0.00736. The quantitative estimate of drug-likeness (QED) is 0.524. The van der Waals surface area contributed by atoms with Crippen LogP contribution in [-0.4, -0.2) is 49.5 Å². The summed E-state index contributed by atoms with van der Waals surface area (Å²) < 4.78 is 4.91. The number of ether oxygens (including phenoxy) is 1. The molecule has 88 valence electrons. The smallest absolute Gasteiger partial charge is 0.237 e. The number of aliphatic hydroxyl groups excluding tert-OH is 1. The lowest BCUT2D eigenvalue weighted by molar-refractivity contribution is -0.123. The first-order valence-corrected chi connectivity index (χ1v) is 5.33. The lowest BCUT2D eigenvalue weighted by atomic mass is 10.2. The fraction of sp³-hybridized carbons (Fsp3) is 0.900. The molecule has 0 saturated heterocycles. The summed E-state index contributed by atoms with van der Waals surface area (Å²) in [6, 6.07) is -0.107. The Morgan fingerprint density at radius 2 is 2.27 bits per heavy atom. The van der Waals surface area contributed by atoms with Crippen molar-refractivity contribution in [1.29, 1.82) is 0 Å². The molecule has 0 bridgehead atoms. The van der Waals surface area contributed by atoms with E-state index in [9.17, 15) is 4.79 Å². The lowest BCUT2D eigenvalue weighted by Crippen LogP contribution is -2.49. The summed E-state index contributed by atoms with van der Waals surface area (Å²) in [6.07, 6.45) is 2.17. The molecule has 1 aliphatic carbocycles. The minimum Gasteiger partial charge on any atom is -0.395 e. The fourth-order valence-electron chi connectivity index (χ4n) is 1.34. The van der Waals surface area contributed by atoms with Gasteiger partial charge in [0.25, 0.3) is 0 Å². The van der Waals surface area contributed by atoms with Gasteiger partial charge in [-0.2, -0.15) is 0 Å². The number of carbonyl (C=O) groups excluding carboxylic acids is 1. The van der Waals surface area contributed by atoms with Crippen LogP contribution in [0.3, 0.4) is 0 Å². The fourth-order valence-corrected chi connectivity index (χ4v) is 1.34. The molecule has 5 heteroatoms. The Balaban J connectivity index is 2.24. The number of methoxy groups -OCH3 is 1. The van der Waals surface area contributed by atoms with Gasteiger partial charge < -0.3 is 15.2 Å². The van der Waals surface area contributed by atoms with Crippen LogP contribution in [-0.2, 0) is 9.53 Å². The van der Waals surface area contributed by atoms with Gasteiger partial charge in [0.1, 0.15) is 0 Å². The number of hydrogen-bond donors (Lipinski definition) is 3. The van der Waals surface area contributed by atoms with Gasteiger partial charge in [0.2, 0.25) is 5.91 Å². The third kappa shape index (κ3) is 4.59. The van der Waals surface area contributed by atoms with Gasteiger partial charge in [-0.25, -0.2) is 0 Å². The monoisotopic (exact) mass is 216 g/mol. The Morgan fingerprint density at radius 1 is 1.60 bits per heavy atom. The van der Waals surface area contributed by atoms with Crippen molar-refractivity contribution in [3.05, 3.63) is 0 Å². The Labute approximate surface area is 90.2 Å². The van der Waals surface area contributed by atoms with Gasteiger partial charge in [0, 0.05) is 13.2 Å². The Morgan fingerprint density at radius 3 is 2.73 bits per heavy atom. The Kier molecular flexibility index (Phi) is 5.01. The molecule has 0 aliphatic heterocycles. The highest BCUT2D eigenvalue weighted by molar-refractivity contribution is 5.81. The first-order chi connectivity index (χ1) is 7.17. The number of nitrogens with one attached hydrogen (secondary N) is 2.